The SMILES string of the molecule is Brc1cnc(C2=NC[C@H](c3ccccc3)N2)nc1.CCN1C[C@H](c2ccccc2)N=C1c1ncc(Br)cn1. The summed E-state index contributed by atoms with van der Waals surface area (Å²) in [5.41, 5.74) is 2.46. The lowest BCUT2D eigenvalue weighted by Crippen LogP contribution is -2.29. The molecule has 1 N–H and O–H groups in total. The highest BCUT2D eigenvalue weighted by atomic mass is 79.9. The maximum atomic E-state index is 4.81. The van der Waals surface area contributed by atoms with Gasteiger partial charge in [0, 0.05) is 37.9 Å². The summed E-state index contributed by atoms with van der Waals surface area (Å²) >= 11 is 6.67. The van der Waals surface area contributed by atoms with Gasteiger partial charge in [0.25, 0.3) is 0 Å². The van der Waals surface area contributed by atoms with Gasteiger partial charge in [-0.15, -0.1) is 0 Å². The van der Waals surface area contributed by atoms with Gasteiger partial charge in [-0.25, -0.2) is 19.9 Å². The Morgan fingerprint density at radius 1 is 0.789 bits per heavy atom. The molecule has 38 heavy (non-hydrogen) atoms. The van der Waals surface area contributed by atoms with Crippen LogP contribution >= 0.6 is 31.9 Å². The van der Waals surface area contributed by atoms with Crippen LogP contribution in [0, 0.1) is 0 Å². The Balaban J connectivity index is 0.000000156. The number of rotatable bonds is 5. The van der Waals surface area contributed by atoms with Gasteiger partial charge in [0.15, 0.2) is 23.3 Å². The maximum Gasteiger partial charge on any atom is 0.195 e. The molecule has 4 heterocycles. The van der Waals surface area contributed by atoms with E-state index in [0.29, 0.717) is 11.6 Å². The molecule has 0 radical (unpaired) electrons. The molecule has 8 nitrogen and oxygen atoms in total. The zero-order valence-electron chi connectivity index (χ0n) is 20.7. The van der Waals surface area contributed by atoms with E-state index in [9.17, 15) is 0 Å². The van der Waals surface area contributed by atoms with Crippen LogP contribution in [0.3, 0.4) is 0 Å². The fraction of sp³-hybridized carbons (Fsp3) is 0.214. The number of nitrogens with one attached hydrogen (secondary N) is 1. The van der Waals surface area contributed by atoms with Crippen LogP contribution in [0.15, 0.2) is 104 Å². The Labute approximate surface area is 238 Å². The minimum absolute atomic E-state index is 0.165. The Morgan fingerprint density at radius 2 is 1.34 bits per heavy atom. The highest BCUT2D eigenvalue weighted by Crippen LogP contribution is 2.26. The number of hydrogen-bond acceptors (Lipinski definition) is 8. The van der Waals surface area contributed by atoms with Gasteiger partial charge in [0.2, 0.25) is 0 Å². The predicted molar refractivity (Wildman–Crippen MR) is 156 cm³/mol. The molecule has 4 aromatic rings. The zero-order chi connectivity index (χ0) is 26.3. The number of aliphatic imine (C=N–C) groups is 2. The second-order valence-electron chi connectivity index (χ2n) is 8.66. The van der Waals surface area contributed by atoms with Crippen molar-refractivity contribution in [3.05, 3.63) is 117 Å². The molecule has 192 valence electrons. The number of likely N-dealkylation sites (N-methyl/N-ethyl adjacent to an activating group) is 1. The minimum Gasteiger partial charge on any atom is -0.359 e. The first-order valence-electron chi connectivity index (χ1n) is 12.3. The fourth-order valence-electron chi connectivity index (χ4n) is 4.21. The number of aromatic nitrogens is 4. The molecule has 0 amide bonds. The summed E-state index contributed by atoms with van der Waals surface area (Å²) in [5.74, 6) is 2.97. The molecule has 0 saturated heterocycles. The third-order valence-electron chi connectivity index (χ3n) is 6.13. The highest BCUT2D eigenvalue weighted by Gasteiger charge is 2.27. The van der Waals surface area contributed by atoms with Gasteiger partial charge in [-0.05, 0) is 49.9 Å². The predicted octanol–water partition coefficient (Wildman–Crippen LogP) is 5.39. The van der Waals surface area contributed by atoms with E-state index >= 15 is 0 Å². The molecule has 0 unspecified atom stereocenters. The van der Waals surface area contributed by atoms with Crippen LogP contribution in [-0.4, -0.2) is 56.1 Å². The van der Waals surface area contributed by atoms with Crippen molar-refractivity contribution in [1.29, 1.82) is 0 Å². The number of halogens is 2. The first-order chi connectivity index (χ1) is 18.6. The van der Waals surface area contributed by atoms with Crippen molar-refractivity contribution in [2.45, 2.75) is 19.0 Å². The molecular formula is C28H26Br2N8. The summed E-state index contributed by atoms with van der Waals surface area (Å²) in [4.78, 5) is 28.7. The van der Waals surface area contributed by atoms with Crippen molar-refractivity contribution < 1.29 is 0 Å². The van der Waals surface area contributed by atoms with E-state index < -0.39 is 0 Å². The van der Waals surface area contributed by atoms with E-state index in [4.69, 9.17) is 4.99 Å². The van der Waals surface area contributed by atoms with Crippen molar-refractivity contribution >= 4 is 43.5 Å². The van der Waals surface area contributed by atoms with Gasteiger partial charge in [0.05, 0.1) is 27.6 Å². The summed E-state index contributed by atoms with van der Waals surface area (Å²) < 4.78 is 1.74. The Morgan fingerprint density at radius 3 is 1.92 bits per heavy atom. The molecule has 0 aliphatic carbocycles. The average Bonchev–Trinajstić information content (AvgIpc) is 3.64. The van der Waals surface area contributed by atoms with Crippen molar-refractivity contribution in [2.75, 3.05) is 19.6 Å². The molecule has 0 fully saturated rings. The topological polar surface area (TPSA) is 91.6 Å². The molecule has 2 aliphatic rings. The van der Waals surface area contributed by atoms with Crippen molar-refractivity contribution in [3.63, 3.8) is 0 Å². The summed E-state index contributed by atoms with van der Waals surface area (Å²) in [6.07, 6.45) is 6.97. The molecular weight excluding hydrogens is 608 g/mol. The normalized spacial score (nSPS) is 18.2. The van der Waals surface area contributed by atoms with Crippen LogP contribution in [0.2, 0.25) is 0 Å². The lowest BCUT2D eigenvalue weighted by atomic mass is 10.1. The van der Waals surface area contributed by atoms with Crippen molar-refractivity contribution in [1.82, 2.24) is 30.2 Å². The van der Waals surface area contributed by atoms with Crippen LogP contribution in [0.4, 0.5) is 0 Å². The molecule has 2 aromatic heterocycles. The number of nitrogens with zero attached hydrogens (tertiary/aromatic N) is 7. The van der Waals surface area contributed by atoms with E-state index in [1.807, 2.05) is 24.3 Å². The van der Waals surface area contributed by atoms with Crippen LogP contribution in [0.25, 0.3) is 0 Å². The largest absolute Gasteiger partial charge is 0.359 e. The number of hydrogen-bond donors (Lipinski definition) is 1. The molecule has 6 rings (SSSR count). The Kier molecular flexibility index (Phi) is 8.50. The van der Waals surface area contributed by atoms with Gasteiger partial charge in [0.1, 0.15) is 0 Å². The van der Waals surface area contributed by atoms with Gasteiger partial charge >= 0.3 is 0 Å². The van der Waals surface area contributed by atoms with Gasteiger partial charge in [-0.1, -0.05) is 60.7 Å². The molecule has 10 heteroatoms. The molecule has 2 aliphatic heterocycles. The lowest BCUT2D eigenvalue weighted by molar-refractivity contribution is 0.447. The lowest BCUT2D eigenvalue weighted by Gasteiger charge is -2.17. The van der Waals surface area contributed by atoms with Gasteiger partial charge < -0.3 is 10.2 Å². The van der Waals surface area contributed by atoms with Gasteiger partial charge in [-0.3, -0.25) is 9.98 Å². The van der Waals surface area contributed by atoms with Crippen LogP contribution in [0.5, 0.6) is 0 Å². The average molecular weight is 634 g/mol. The van der Waals surface area contributed by atoms with E-state index in [1.165, 1.54) is 11.1 Å². The second-order valence-corrected chi connectivity index (χ2v) is 10.5. The number of benzene rings is 2. The molecule has 2 aromatic carbocycles. The summed E-state index contributed by atoms with van der Waals surface area (Å²) in [6.45, 7) is 4.64. The third kappa shape index (κ3) is 6.31. The first kappa shape index (κ1) is 26.1. The molecule has 0 spiro atoms. The Hall–Kier alpha value is -3.50. The monoisotopic (exact) mass is 632 g/mol. The molecule has 2 atom stereocenters. The zero-order valence-corrected chi connectivity index (χ0v) is 23.9. The number of amidine groups is 2. The summed E-state index contributed by atoms with van der Waals surface area (Å²) in [6, 6.07) is 21.0. The van der Waals surface area contributed by atoms with Crippen molar-refractivity contribution in [3.8, 4) is 0 Å². The molecule has 0 saturated carbocycles. The van der Waals surface area contributed by atoms with E-state index in [2.05, 4.69) is 110 Å². The highest BCUT2D eigenvalue weighted by molar-refractivity contribution is 9.10. The fourth-order valence-corrected chi connectivity index (χ4v) is 4.62. The second kappa shape index (κ2) is 12.4. The van der Waals surface area contributed by atoms with E-state index in [0.717, 1.165) is 40.3 Å². The van der Waals surface area contributed by atoms with Crippen molar-refractivity contribution in [2.24, 2.45) is 9.98 Å². The van der Waals surface area contributed by atoms with Crippen LogP contribution in [0.1, 0.15) is 41.8 Å². The summed E-state index contributed by atoms with van der Waals surface area (Å²) in [5, 5.41) is 3.35. The smallest absolute Gasteiger partial charge is 0.195 e. The maximum absolute atomic E-state index is 4.81. The quantitative estimate of drug-likeness (QED) is 0.317. The van der Waals surface area contributed by atoms with Gasteiger partial charge in [-0.2, -0.15) is 0 Å². The van der Waals surface area contributed by atoms with Crippen LogP contribution < -0.4 is 5.32 Å². The molecule has 0 bridgehead atoms. The van der Waals surface area contributed by atoms with E-state index in [1.54, 1.807) is 24.8 Å². The minimum atomic E-state index is 0.165. The summed E-state index contributed by atoms with van der Waals surface area (Å²) in [7, 11) is 0. The third-order valence-corrected chi connectivity index (χ3v) is 6.95. The first-order valence-corrected chi connectivity index (χ1v) is 13.9. The van der Waals surface area contributed by atoms with E-state index in [-0.39, 0.29) is 12.1 Å². The van der Waals surface area contributed by atoms with Crippen LogP contribution in [-0.2, 0) is 0 Å². The Bertz CT molecular complexity index is 1390. The standard InChI is InChI=1S/C15H15BrN4.C13H11BrN4/c1-2-20-10-13(11-6-4-3-5-7-11)19-15(20)14-17-8-12(16)9-18-14;14-10-6-15-12(16-7-10)13-17-8-11(18-13)9-4-2-1-3-5-9/h3-9,13H,2,10H2,1H3;1-7,11H,8H2,(H,17,18)/t13-;11-/m11/s1.